The van der Waals surface area contributed by atoms with Crippen LogP contribution in [0.15, 0.2) is 11.6 Å². The van der Waals surface area contributed by atoms with Gasteiger partial charge in [0.05, 0.1) is 0 Å². The van der Waals surface area contributed by atoms with Gasteiger partial charge in [-0.05, 0) is 6.42 Å². The van der Waals surface area contributed by atoms with Crippen molar-refractivity contribution in [3.8, 4) is 0 Å². The van der Waals surface area contributed by atoms with Gasteiger partial charge in [-0.3, -0.25) is 4.79 Å². The molecule has 0 rings (SSSR count). The van der Waals surface area contributed by atoms with Crippen LogP contribution in [0.1, 0.15) is 12.8 Å². The Balaban J connectivity index is 3.05. The van der Waals surface area contributed by atoms with Crippen LogP contribution < -0.4 is 5.73 Å². The van der Waals surface area contributed by atoms with Gasteiger partial charge in [-0.1, -0.05) is 17.7 Å². The van der Waals surface area contributed by atoms with Crippen molar-refractivity contribution < 1.29 is 4.79 Å². The number of carbonyl (C=O) groups excluding carboxylic acids is 1. The van der Waals surface area contributed by atoms with Crippen molar-refractivity contribution in [2.24, 2.45) is 5.73 Å². The van der Waals surface area contributed by atoms with Crippen LogP contribution in [0.25, 0.3) is 0 Å². The van der Waals surface area contributed by atoms with Crippen LogP contribution in [0.4, 0.5) is 0 Å². The topological polar surface area (TPSA) is 43.1 Å². The Kier molecular flexibility index (Phi) is 4.36. The summed E-state index contributed by atoms with van der Waals surface area (Å²) in [5, 5.41) is 0. The van der Waals surface area contributed by atoms with Crippen LogP contribution in [-0.2, 0) is 4.79 Å². The van der Waals surface area contributed by atoms with E-state index in [9.17, 15) is 4.79 Å². The fourth-order valence-electron chi connectivity index (χ4n) is 0.289. The molecule has 0 aromatic rings. The van der Waals surface area contributed by atoms with E-state index in [0.717, 1.165) is 0 Å². The van der Waals surface area contributed by atoms with Gasteiger partial charge < -0.3 is 5.73 Å². The minimum absolute atomic E-state index is 0.292. The van der Waals surface area contributed by atoms with E-state index in [2.05, 4.69) is 0 Å². The van der Waals surface area contributed by atoms with Gasteiger partial charge in [0.25, 0.3) is 0 Å². The Morgan fingerprint density at radius 2 is 2.38 bits per heavy atom. The van der Waals surface area contributed by atoms with E-state index in [4.69, 9.17) is 17.3 Å². The highest BCUT2D eigenvalue weighted by Gasteiger charge is 1.87. The minimum Gasteiger partial charge on any atom is -0.370 e. The Morgan fingerprint density at radius 1 is 1.75 bits per heavy atom. The average Bonchev–Trinajstić information content (AvgIpc) is 1.66. The highest BCUT2D eigenvalue weighted by Crippen LogP contribution is 1.89. The third-order valence-electron chi connectivity index (χ3n) is 0.646. The first-order valence-electron chi connectivity index (χ1n) is 2.31. The Bertz CT molecular complexity index is 101. The molecule has 3 heteroatoms. The van der Waals surface area contributed by atoms with Crippen molar-refractivity contribution >= 4 is 17.5 Å². The third kappa shape index (κ3) is 5.50. The molecule has 46 valence electrons. The predicted molar refractivity (Wildman–Crippen MR) is 33.4 cm³/mol. The SMILES string of the molecule is NC(=O)CC/C=C/Cl. The summed E-state index contributed by atoms with van der Waals surface area (Å²) >= 11 is 5.15. The fraction of sp³-hybridized carbons (Fsp3) is 0.400. The molecule has 0 aromatic carbocycles. The van der Waals surface area contributed by atoms with Gasteiger partial charge in [0.1, 0.15) is 0 Å². The van der Waals surface area contributed by atoms with E-state index in [1.165, 1.54) is 5.54 Å². The number of rotatable bonds is 3. The summed E-state index contributed by atoms with van der Waals surface area (Å²) in [6, 6.07) is 0. The molecule has 2 nitrogen and oxygen atoms in total. The Hall–Kier alpha value is -0.500. The van der Waals surface area contributed by atoms with Gasteiger partial charge in [0.15, 0.2) is 0 Å². The Morgan fingerprint density at radius 3 is 2.75 bits per heavy atom. The van der Waals surface area contributed by atoms with Gasteiger partial charge in [-0.25, -0.2) is 0 Å². The molecule has 0 saturated heterocycles. The number of halogens is 1. The highest BCUT2D eigenvalue weighted by molar-refractivity contribution is 6.25. The summed E-state index contributed by atoms with van der Waals surface area (Å²) < 4.78 is 0. The molecule has 0 aromatic heterocycles. The molecule has 0 aliphatic heterocycles. The molecule has 0 radical (unpaired) electrons. The maximum atomic E-state index is 10.0. The van der Waals surface area contributed by atoms with E-state index in [0.29, 0.717) is 12.8 Å². The number of hydrogen-bond donors (Lipinski definition) is 1. The van der Waals surface area contributed by atoms with Crippen molar-refractivity contribution in [3.63, 3.8) is 0 Å². The van der Waals surface area contributed by atoms with Crippen LogP contribution in [0.5, 0.6) is 0 Å². The molecule has 0 spiro atoms. The first kappa shape index (κ1) is 7.50. The van der Waals surface area contributed by atoms with E-state index in [1.54, 1.807) is 6.08 Å². The van der Waals surface area contributed by atoms with Gasteiger partial charge in [-0.15, -0.1) is 0 Å². The second-order valence-corrected chi connectivity index (χ2v) is 1.62. The molecule has 8 heavy (non-hydrogen) atoms. The van der Waals surface area contributed by atoms with Crippen molar-refractivity contribution in [1.82, 2.24) is 0 Å². The van der Waals surface area contributed by atoms with Crippen LogP contribution >= 0.6 is 11.6 Å². The molecule has 0 bridgehead atoms. The number of nitrogens with two attached hydrogens (primary N) is 1. The smallest absolute Gasteiger partial charge is 0.217 e. The number of primary amides is 1. The number of hydrogen-bond acceptors (Lipinski definition) is 1. The zero-order chi connectivity index (χ0) is 6.41. The average molecular weight is 134 g/mol. The largest absolute Gasteiger partial charge is 0.370 e. The van der Waals surface area contributed by atoms with E-state index in [1.807, 2.05) is 0 Å². The number of carbonyl (C=O) groups is 1. The summed E-state index contributed by atoms with van der Waals surface area (Å²) in [5.74, 6) is -0.292. The molecule has 0 saturated carbocycles. The maximum absolute atomic E-state index is 10.0. The van der Waals surface area contributed by atoms with Gasteiger partial charge in [0, 0.05) is 12.0 Å². The maximum Gasteiger partial charge on any atom is 0.217 e. The quantitative estimate of drug-likeness (QED) is 0.614. The van der Waals surface area contributed by atoms with Crippen molar-refractivity contribution in [2.75, 3.05) is 0 Å². The van der Waals surface area contributed by atoms with Crippen molar-refractivity contribution in [1.29, 1.82) is 0 Å². The van der Waals surface area contributed by atoms with Crippen LogP contribution in [0, 0.1) is 0 Å². The second-order valence-electron chi connectivity index (χ2n) is 1.37. The molecule has 0 fully saturated rings. The molecule has 0 heterocycles. The van der Waals surface area contributed by atoms with E-state index >= 15 is 0 Å². The first-order valence-corrected chi connectivity index (χ1v) is 2.74. The van der Waals surface area contributed by atoms with E-state index < -0.39 is 0 Å². The number of amides is 1. The second kappa shape index (κ2) is 4.65. The zero-order valence-electron chi connectivity index (χ0n) is 4.43. The summed E-state index contributed by atoms with van der Waals surface area (Å²) in [6.07, 6.45) is 2.70. The number of allylic oxidation sites excluding steroid dienone is 1. The van der Waals surface area contributed by atoms with Gasteiger partial charge >= 0.3 is 0 Å². The minimum atomic E-state index is -0.292. The third-order valence-corrected chi connectivity index (χ3v) is 0.825. The first-order chi connectivity index (χ1) is 3.77. The normalized spacial score (nSPS) is 10.1. The van der Waals surface area contributed by atoms with Gasteiger partial charge in [0.2, 0.25) is 5.91 Å². The summed E-state index contributed by atoms with van der Waals surface area (Å²) in [6.45, 7) is 0. The Labute approximate surface area is 53.3 Å². The van der Waals surface area contributed by atoms with Crippen molar-refractivity contribution in [3.05, 3.63) is 11.6 Å². The molecule has 0 aliphatic rings. The van der Waals surface area contributed by atoms with Crippen LogP contribution in [0.2, 0.25) is 0 Å². The summed E-state index contributed by atoms with van der Waals surface area (Å²) in [7, 11) is 0. The van der Waals surface area contributed by atoms with Crippen LogP contribution in [0.3, 0.4) is 0 Å². The molecule has 0 aliphatic carbocycles. The van der Waals surface area contributed by atoms with E-state index in [-0.39, 0.29) is 5.91 Å². The molecule has 0 unspecified atom stereocenters. The van der Waals surface area contributed by atoms with Gasteiger partial charge in [-0.2, -0.15) is 0 Å². The predicted octanol–water partition coefficient (Wildman–Crippen LogP) is 1.00. The lowest BCUT2D eigenvalue weighted by Gasteiger charge is -1.84. The molecular weight excluding hydrogens is 126 g/mol. The molecule has 0 atom stereocenters. The fourth-order valence-corrected chi connectivity index (χ4v) is 0.415. The van der Waals surface area contributed by atoms with Crippen LogP contribution in [-0.4, -0.2) is 5.91 Å². The molecule has 2 N–H and O–H groups in total. The zero-order valence-corrected chi connectivity index (χ0v) is 5.19. The lowest BCUT2D eigenvalue weighted by Crippen LogP contribution is -2.08. The summed E-state index contributed by atoms with van der Waals surface area (Å²) in [4.78, 5) is 10.0. The lowest BCUT2D eigenvalue weighted by atomic mass is 10.3. The summed E-state index contributed by atoms with van der Waals surface area (Å²) in [5.41, 5.74) is 6.20. The standard InChI is InChI=1S/C5H8ClNO/c6-4-2-1-3-5(7)8/h2,4H,1,3H2,(H2,7,8)/b4-2+. The highest BCUT2D eigenvalue weighted by atomic mass is 35.5. The van der Waals surface area contributed by atoms with Crippen molar-refractivity contribution in [2.45, 2.75) is 12.8 Å². The monoisotopic (exact) mass is 133 g/mol. The molecule has 1 amide bonds. The lowest BCUT2D eigenvalue weighted by molar-refractivity contribution is -0.117. The molecular formula is C5H8ClNO.